The number of nitrogens with one attached hydrogen (secondary N) is 1. The van der Waals surface area contributed by atoms with Gasteiger partial charge in [0.1, 0.15) is 0 Å². The Balaban J connectivity index is 2.46. The van der Waals surface area contributed by atoms with Crippen molar-refractivity contribution in [2.24, 2.45) is 0 Å². The second-order valence-electron chi connectivity index (χ2n) is 4.73. The number of hydrogen-bond acceptors (Lipinski definition) is 1. The van der Waals surface area contributed by atoms with Crippen molar-refractivity contribution < 1.29 is 0 Å². The van der Waals surface area contributed by atoms with Gasteiger partial charge in [-0.05, 0) is 70.4 Å². The van der Waals surface area contributed by atoms with E-state index in [-0.39, 0.29) is 6.04 Å². The van der Waals surface area contributed by atoms with E-state index in [2.05, 4.69) is 78.2 Å². The van der Waals surface area contributed by atoms with E-state index in [1.807, 2.05) is 18.2 Å². The van der Waals surface area contributed by atoms with Crippen LogP contribution in [0.25, 0.3) is 0 Å². The summed E-state index contributed by atoms with van der Waals surface area (Å²) in [5.74, 6) is 0. The third kappa shape index (κ3) is 4.55. The number of hydrogen-bond donors (Lipinski definition) is 1. The summed E-state index contributed by atoms with van der Waals surface area (Å²) >= 11 is 16.9. The maximum Gasteiger partial charge on any atom is 0.0588 e. The zero-order valence-electron chi connectivity index (χ0n) is 11.5. The molecule has 0 heterocycles. The Morgan fingerprint density at radius 1 is 1.05 bits per heavy atom. The van der Waals surface area contributed by atoms with Crippen LogP contribution < -0.4 is 5.32 Å². The molecule has 1 nitrogen and oxygen atoms in total. The molecule has 112 valence electrons. The lowest BCUT2D eigenvalue weighted by Crippen LogP contribution is -2.23. The van der Waals surface area contributed by atoms with Crippen molar-refractivity contribution in [1.29, 1.82) is 0 Å². The largest absolute Gasteiger partial charge is 0.306 e. The van der Waals surface area contributed by atoms with Gasteiger partial charge in [-0.25, -0.2) is 0 Å². The van der Waals surface area contributed by atoms with Gasteiger partial charge in [-0.15, -0.1) is 0 Å². The lowest BCUT2D eigenvalue weighted by atomic mass is 9.98. The predicted molar refractivity (Wildman–Crippen MR) is 101 cm³/mol. The Labute approximate surface area is 155 Å². The third-order valence-electron chi connectivity index (χ3n) is 3.14. The SMILES string of the molecule is CCCNC(c1ccc(Br)c(Cl)c1)c1cc(Br)ccc1Br. The highest BCUT2D eigenvalue weighted by atomic mass is 79.9. The lowest BCUT2D eigenvalue weighted by Gasteiger charge is -2.21. The van der Waals surface area contributed by atoms with Gasteiger partial charge in [-0.1, -0.05) is 56.5 Å². The average Bonchev–Trinajstić information content (AvgIpc) is 2.46. The van der Waals surface area contributed by atoms with Crippen LogP contribution >= 0.6 is 59.4 Å². The summed E-state index contributed by atoms with van der Waals surface area (Å²) in [6.45, 7) is 3.10. The Bertz CT molecular complexity index is 631. The molecule has 0 saturated heterocycles. The van der Waals surface area contributed by atoms with E-state index in [0.717, 1.165) is 37.0 Å². The molecule has 0 radical (unpaired) electrons. The second-order valence-corrected chi connectivity index (χ2v) is 7.76. The van der Waals surface area contributed by atoms with E-state index in [0.29, 0.717) is 0 Å². The normalized spacial score (nSPS) is 12.4. The van der Waals surface area contributed by atoms with Crippen molar-refractivity contribution in [2.75, 3.05) is 6.54 Å². The molecule has 2 rings (SSSR count). The molecule has 21 heavy (non-hydrogen) atoms. The second kappa shape index (κ2) is 8.11. The fourth-order valence-corrected chi connectivity index (χ4v) is 3.41. The molecule has 0 saturated carbocycles. The zero-order valence-corrected chi connectivity index (χ0v) is 17.0. The van der Waals surface area contributed by atoms with Gasteiger partial charge in [0.25, 0.3) is 0 Å². The molecule has 0 aromatic heterocycles. The molecule has 0 aliphatic heterocycles. The maximum atomic E-state index is 6.25. The van der Waals surface area contributed by atoms with Crippen LogP contribution in [-0.2, 0) is 0 Å². The first-order valence-corrected chi connectivity index (χ1v) is 9.42. The number of benzene rings is 2. The molecule has 0 fully saturated rings. The van der Waals surface area contributed by atoms with Crippen LogP contribution in [0.1, 0.15) is 30.5 Å². The quantitative estimate of drug-likeness (QED) is 0.485. The molecule has 0 bridgehead atoms. The van der Waals surface area contributed by atoms with Crippen LogP contribution in [0.3, 0.4) is 0 Å². The molecule has 1 N–H and O–H groups in total. The molecule has 0 aliphatic carbocycles. The highest BCUT2D eigenvalue weighted by Crippen LogP contribution is 2.33. The van der Waals surface area contributed by atoms with Gasteiger partial charge < -0.3 is 5.32 Å². The van der Waals surface area contributed by atoms with Crippen LogP contribution in [0.15, 0.2) is 49.8 Å². The van der Waals surface area contributed by atoms with Crippen molar-refractivity contribution >= 4 is 59.4 Å². The summed E-state index contributed by atoms with van der Waals surface area (Å²) in [5, 5.41) is 4.32. The monoisotopic (exact) mass is 493 g/mol. The molecular formula is C16H15Br3ClN. The Morgan fingerprint density at radius 2 is 1.76 bits per heavy atom. The summed E-state index contributed by atoms with van der Waals surface area (Å²) in [4.78, 5) is 0. The average molecular weight is 496 g/mol. The molecule has 2 aromatic carbocycles. The molecule has 0 aliphatic rings. The van der Waals surface area contributed by atoms with E-state index >= 15 is 0 Å². The number of rotatable bonds is 5. The van der Waals surface area contributed by atoms with E-state index in [1.54, 1.807) is 0 Å². The molecule has 0 spiro atoms. The Morgan fingerprint density at radius 3 is 2.43 bits per heavy atom. The van der Waals surface area contributed by atoms with E-state index in [9.17, 15) is 0 Å². The van der Waals surface area contributed by atoms with Gasteiger partial charge in [0, 0.05) is 13.4 Å². The van der Waals surface area contributed by atoms with Crippen LogP contribution in [-0.4, -0.2) is 6.54 Å². The fraction of sp³-hybridized carbons (Fsp3) is 0.250. The topological polar surface area (TPSA) is 12.0 Å². The van der Waals surface area contributed by atoms with E-state index in [4.69, 9.17) is 11.6 Å². The van der Waals surface area contributed by atoms with E-state index < -0.39 is 0 Å². The maximum absolute atomic E-state index is 6.25. The van der Waals surface area contributed by atoms with E-state index in [1.165, 1.54) is 5.56 Å². The predicted octanol–water partition coefficient (Wildman–Crippen LogP) is 6.72. The summed E-state index contributed by atoms with van der Waals surface area (Å²) < 4.78 is 3.06. The molecule has 1 atom stereocenters. The van der Waals surface area contributed by atoms with Gasteiger partial charge in [0.15, 0.2) is 0 Å². The highest BCUT2D eigenvalue weighted by molar-refractivity contribution is 9.11. The lowest BCUT2D eigenvalue weighted by molar-refractivity contribution is 0.596. The van der Waals surface area contributed by atoms with Gasteiger partial charge >= 0.3 is 0 Å². The smallest absolute Gasteiger partial charge is 0.0588 e. The van der Waals surface area contributed by atoms with Crippen molar-refractivity contribution in [3.63, 3.8) is 0 Å². The first kappa shape index (κ1) is 17.5. The molecule has 5 heteroatoms. The summed E-state index contributed by atoms with van der Waals surface area (Å²) in [6, 6.07) is 12.4. The summed E-state index contributed by atoms with van der Waals surface area (Å²) in [6.07, 6.45) is 1.08. The minimum atomic E-state index is 0.0995. The Hall–Kier alpha value is 0.130. The fourth-order valence-electron chi connectivity index (χ4n) is 2.12. The summed E-state index contributed by atoms with van der Waals surface area (Å²) in [5.41, 5.74) is 2.34. The van der Waals surface area contributed by atoms with Gasteiger partial charge in [-0.2, -0.15) is 0 Å². The van der Waals surface area contributed by atoms with Crippen molar-refractivity contribution in [3.8, 4) is 0 Å². The van der Waals surface area contributed by atoms with Gasteiger partial charge in [0.2, 0.25) is 0 Å². The highest BCUT2D eigenvalue weighted by Gasteiger charge is 2.17. The van der Waals surface area contributed by atoms with Gasteiger partial charge in [0.05, 0.1) is 11.1 Å². The van der Waals surface area contributed by atoms with Crippen LogP contribution in [0.5, 0.6) is 0 Å². The standard InChI is InChI=1S/C16H15Br3ClN/c1-2-7-21-16(10-3-5-14(19)15(20)8-10)12-9-11(17)4-6-13(12)18/h3-6,8-9,16,21H,2,7H2,1H3. The first-order valence-electron chi connectivity index (χ1n) is 6.66. The molecule has 0 amide bonds. The first-order chi connectivity index (χ1) is 10.0. The van der Waals surface area contributed by atoms with Crippen LogP contribution in [0, 0.1) is 0 Å². The summed E-state index contributed by atoms with van der Waals surface area (Å²) in [7, 11) is 0. The molecule has 1 unspecified atom stereocenters. The zero-order chi connectivity index (χ0) is 15.4. The third-order valence-corrected chi connectivity index (χ3v) is 5.59. The molecular weight excluding hydrogens is 481 g/mol. The Kier molecular flexibility index (Phi) is 6.76. The van der Waals surface area contributed by atoms with Gasteiger partial charge in [-0.3, -0.25) is 0 Å². The van der Waals surface area contributed by atoms with Crippen molar-refractivity contribution in [2.45, 2.75) is 19.4 Å². The van der Waals surface area contributed by atoms with Crippen LogP contribution in [0.2, 0.25) is 5.02 Å². The number of halogens is 4. The van der Waals surface area contributed by atoms with Crippen molar-refractivity contribution in [3.05, 3.63) is 66.0 Å². The van der Waals surface area contributed by atoms with Crippen molar-refractivity contribution in [1.82, 2.24) is 5.32 Å². The van der Waals surface area contributed by atoms with Crippen LogP contribution in [0.4, 0.5) is 0 Å². The minimum Gasteiger partial charge on any atom is -0.306 e. The molecule has 2 aromatic rings. The minimum absolute atomic E-state index is 0.0995.